The molecule has 0 unspecified atom stereocenters. The molecule has 2 aromatic carbocycles. The number of carbonyl (C=O) groups excluding carboxylic acids is 1. The highest BCUT2D eigenvalue weighted by atomic mass is 32.1. The Balaban J connectivity index is 1.67. The van der Waals surface area contributed by atoms with Crippen molar-refractivity contribution in [2.24, 2.45) is 0 Å². The topological polar surface area (TPSA) is 69.7 Å². The summed E-state index contributed by atoms with van der Waals surface area (Å²) in [5, 5.41) is 5.58. The minimum Gasteiger partial charge on any atom is -0.490 e. The average molecular weight is 459 g/mol. The van der Waals surface area contributed by atoms with Crippen LogP contribution in [0.4, 0.5) is 4.39 Å². The van der Waals surface area contributed by atoms with Crippen LogP contribution in [0.1, 0.15) is 36.8 Å². The van der Waals surface area contributed by atoms with Gasteiger partial charge in [0.1, 0.15) is 10.8 Å². The SMILES string of the molecule is CCOc1cc(C(=O)NCCc2csc(-c3cccc(F)c3)n2)cc(OCC)c1OCC. The number of rotatable bonds is 11. The molecule has 0 atom stereocenters. The molecule has 0 radical (unpaired) electrons. The van der Waals surface area contributed by atoms with E-state index in [4.69, 9.17) is 14.2 Å². The van der Waals surface area contributed by atoms with E-state index in [2.05, 4.69) is 10.3 Å². The normalized spacial score (nSPS) is 10.6. The maximum Gasteiger partial charge on any atom is 0.251 e. The molecule has 32 heavy (non-hydrogen) atoms. The van der Waals surface area contributed by atoms with Crippen molar-refractivity contribution in [1.82, 2.24) is 10.3 Å². The number of ether oxygens (including phenoxy) is 3. The zero-order valence-electron chi connectivity index (χ0n) is 18.4. The zero-order valence-corrected chi connectivity index (χ0v) is 19.3. The van der Waals surface area contributed by atoms with Crippen molar-refractivity contribution >= 4 is 17.2 Å². The maximum atomic E-state index is 13.4. The quantitative estimate of drug-likeness (QED) is 0.432. The van der Waals surface area contributed by atoms with Crippen molar-refractivity contribution in [3.05, 3.63) is 58.9 Å². The van der Waals surface area contributed by atoms with Crippen LogP contribution in [0.2, 0.25) is 0 Å². The molecule has 1 amide bonds. The third-order valence-corrected chi connectivity index (χ3v) is 5.40. The number of amides is 1. The van der Waals surface area contributed by atoms with Crippen LogP contribution in [0, 0.1) is 5.82 Å². The summed E-state index contributed by atoms with van der Waals surface area (Å²) in [7, 11) is 0. The summed E-state index contributed by atoms with van der Waals surface area (Å²) < 4.78 is 30.5. The number of carbonyl (C=O) groups is 1. The van der Waals surface area contributed by atoms with Crippen LogP contribution in [0.15, 0.2) is 41.8 Å². The fraction of sp³-hybridized carbons (Fsp3) is 0.333. The molecule has 0 fully saturated rings. The van der Waals surface area contributed by atoms with Crippen LogP contribution in [0.25, 0.3) is 10.6 Å². The van der Waals surface area contributed by atoms with E-state index in [-0.39, 0.29) is 11.7 Å². The summed E-state index contributed by atoms with van der Waals surface area (Å²) in [6, 6.07) is 9.68. The van der Waals surface area contributed by atoms with Gasteiger partial charge in [0.2, 0.25) is 5.75 Å². The molecule has 0 bridgehead atoms. The van der Waals surface area contributed by atoms with Gasteiger partial charge in [-0.3, -0.25) is 4.79 Å². The number of thiazole rings is 1. The van der Waals surface area contributed by atoms with Crippen LogP contribution in [0.5, 0.6) is 17.2 Å². The first kappa shape index (κ1) is 23.5. The van der Waals surface area contributed by atoms with E-state index < -0.39 is 0 Å². The molecular formula is C24H27FN2O4S. The highest BCUT2D eigenvalue weighted by molar-refractivity contribution is 7.13. The number of halogens is 1. The largest absolute Gasteiger partial charge is 0.490 e. The molecule has 1 aromatic heterocycles. The van der Waals surface area contributed by atoms with Crippen LogP contribution >= 0.6 is 11.3 Å². The number of aromatic nitrogens is 1. The average Bonchev–Trinajstić information content (AvgIpc) is 3.25. The Morgan fingerprint density at radius 3 is 2.34 bits per heavy atom. The summed E-state index contributed by atoms with van der Waals surface area (Å²) in [4.78, 5) is 17.3. The van der Waals surface area contributed by atoms with Crippen LogP contribution in [0.3, 0.4) is 0 Å². The molecule has 0 aliphatic rings. The van der Waals surface area contributed by atoms with Gasteiger partial charge < -0.3 is 19.5 Å². The standard InChI is InChI=1S/C24H27FN2O4S/c1-4-29-20-13-17(14-21(30-5-2)22(20)31-6-3)23(28)26-11-10-19-15-32-24(27-19)16-8-7-9-18(25)12-16/h7-9,12-15H,4-6,10-11H2,1-3H3,(H,26,28). The zero-order chi connectivity index (χ0) is 22.9. The monoisotopic (exact) mass is 458 g/mol. The molecule has 0 spiro atoms. The van der Waals surface area contributed by atoms with Crippen LogP contribution in [-0.2, 0) is 6.42 Å². The summed E-state index contributed by atoms with van der Waals surface area (Å²) in [5.74, 6) is 0.921. The molecule has 8 heteroatoms. The fourth-order valence-corrected chi connectivity index (χ4v) is 3.95. The molecule has 3 rings (SSSR count). The lowest BCUT2D eigenvalue weighted by molar-refractivity contribution is 0.0953. The molecule has 3 aromatic rings. The van der Waals surface area contributed by atoms with Gasteiger partial charge in [0.05, 0.1) is 25.5 Å². The molecule has 0 saturated heterocycles. The van der Waals surface area contributed by atoms with Gasteiger partial charge in [-0.1, -0.05) is 12.1 Å². The second-order valence-corrected chi connectivity index (χ2v) is 7.62. The van der Waals surface area contributed by atoms with Crippen molar-refractivity contribution in [2.45, 2.75) is 27.2 Å². The lowest BCUT2D eigenvalue weighted by atomic mass is 10.1. The van der Waals surface area contributed by atoms with Gasteiger partial charge in [-0.05, 0) is 45.0 Å². The Morgan fingerprint density at radius 2 is 1.72 bits per heavy atom. The Bertz CT molecular complexity index is 1030. The number of hydrogen-bond donors (Lipinski definition) is 1. The van der Waals surface area contributed by atoms with Crippen molar-refractivity contribution < 1.29 is 23.4 Å². The first-order valence-corrected chi connectivity index (χ1v) is 11.5. The number of hydrogen-bond acceptors (Lipinski definition) is 6. The first-order valence-electron chi connectivity index (χ1n) is 10.6. The van der Waals surface area contributed by atoms with E-state index in [0.717, 1.165) is 16.3 Å². The molecule has 170 valence electrons. The molecular weight excluding hydrogens is 431 g/mol. The molecule has 6 nitrogen and oxygen atoms in total. The highest BCUT2D eigenvalue weighted by Gasteiger charge is 2.18. The predicted molar refractivity (Wildman–Crippen MR) is 123 cm³/mol. The smallest absolute Gasteiger partial charge is 0.251 e. The Labute approximate surface area is 191 Å². The second kappa shape index (κ2) is 11.5. The van der Waals surface area contributed by atoms with Crippen molar-refractivity contribution in [1.29, 1.82) is 0 Å². The maximum absolute atomic E-state index is 13.4. The van der Waals surface area contributed by atoms with Gasteiger partial charge in [0.15, 0.2) is 11.5 Å². The summed E-state index contributed by atoms with van der Waals surface area (Å²) >= 11 is 1.45. The van der Waals surface area contributed by atoms with Gasteiger partial charge in [-0.2, -0.15) is 0 Å². The lowest BCUT2D eigenvalue weighted by Crippen LogP contribution is -2.26. The van der Waals surface area contributed by atoms with Gasteiger partial charge in [0.25, 0.3) is 5.91 Å². The molecule has 1 N–H and O–H groups in total. The van der Waals surface area contributed by atoms with Crippen molar-refractivity contribution in [3.8, 4) is 27.8 Å². The molecule has 0 saturated carbocycles. The Hall–Kier alpha value is -3.13. The van der Waals surface area contributed by atoms with Crippen molar-refractivity contribution in [3.63, 3.8) is 0 Å². The fourth-order valence-electron chi connectivity index (χ4n) is 3.10. The number of benzene rings is 2. The molecule has 0 aliphatic carbocycles. The Morgan fingerprint density at radius 1 is 1.03 bits per heavy atom. The van der Waals surface area contributed by atoms with E-state index in [1.54, 1.807) is 18.2 Å². The summed E-state index contributed by atoms with van der Waals surface area (Å²) in [5.41, 5.74) is 2.01. The van der Waals surface area contributed by atoms with Gasteiger partial charge in [-0.25, -0.2) is 9.37 Å². The van der Waals surface area contributed by atoms with Gasteiger partial charge in [0, 0.05) is 29.5 Å². The van der Waals surface area contributed by atoms with Gasteiger partial charge in [-0.15, -0.1) is 11.3 Å². The van der Waals surface area contributed by atoms with Gasteiger partial charge >= 0.3 is 0 Å². The minimum absolute atomic E-state index is 0.240. The second-order valence-electron chi connectivity index (χ2n) is 6.76. The molecule has 1 heterocycles. The highest BCUT2D eigenvalue weighted by Crippen LogP contribution is 2.39. The summed E-state index contributed by atoms with van der Waals surface area (Å²) in [6.07, 6.45) is 0.561. The van der Waals surface area contributed by atoms with Crippen molar-refractivity contribution in [2.75, 3.05) is 26.4 Å². The third-order valence-electron chi connectivity index (χ3n) is 4.46. The number of nitrogens with zero attached hydrogens (tertiary/aromatic N) is 1. The third kappa shape index (κ3) is 5.97. The van der Waals surface area contributed by atoms with E-state index in [0.29, 0.717) is 55.6 Å². The first-order chi connectivity index (χ1) is 15.5. The van der Waals surface area contributed by atoms with Crippen LogP contribution < -0.4 is 19.5 Å². The van der Waals surface area contributed by atoms with E-state index in [1.165, 1.54) is 23.5 Å². The van der Waals surface area contributed by atoms with Crippen LogP contribution in [-0.4, -0.2) is 37.3 Å². The van der Waals surface area contributed by atoms with E-state index in [1.807, 2.05) is 32.2 Å². The summed E-state index contributed by atoms with van der Waals surface area (Å²) in [6.45, 7) is 7.36. The Kier molecular flexibility index (Phi) is 8.44. The predicted octanol–water partition coefficient (Wildman–Crippen LogP) is 5.12. The molecule has 0 aliphatic heterocycles. The van der Waals surface area contributed by atoms with E-state index >= 15 is 0 Å². The minimum atomic E-state index is -0.292. The van der Waals surface area contributed by atoms with E-state index in [9.17, 15) is 9.18 Å². The number of nitrogens with one attached hydrogen (secondary N) is 1. The lowest BCUT2D eigenvalue weighted by Gasteiger charge is -2.17.